The molecule has 6 heteroatoms. The molecule has 1 aromatic carbocycles. The number of hydrogen-bond donors (Lipinski definition) is 1. The molecule has 20 heavy (non-hydrogen) atoms. The van der Waals surface area contributed by atoms with Gasteiger partial charge in [0.25, 0.3) is 5.91 Å². The second-order valence-corrected chi connectivity index (χ2v) is 4.24. The van der Waals surface area contributed by atoms with Gasteiger partial charge in [0.05, 0.1) is 5.56 Å². The van der Waals surface area contributed by atoms with Gasteiger partial charge < -0.3 is 9.73 Å². The molecule has 1 amide bonds. The largest absolute Gasteiger partial charge is 0.466 e. The Morgan fingerprint density at radius 2 is 1.90 bits per heavy atom. The lowest BCUT2D eigenvalue weighted by Crippen LogP contribution is -2.27. The minimum absolute atomic E-state index is 0.199. The van der Waals surface area contributed by atoms with Gasteiger partial charge in [-0.1, -0.05) is 0 Å². The second kappa shape index (κ2) is 5.81. The normalized spacial score (nSPS) is 10.6. The number of carbonyl (C=O) groups is 1. The number of hydrogen-bond acceptors (Lipinski definition) is 2. The molecule has 0 saturated heterocycles. The van der Waals surface area contributed by atoms with Gasteiger partial charge in [-0.2, -0.15) is 0 Å². The first-order valence-corrected chi connectivity index (χ1v) is 5.96. The van der Waals surface area contributed by atoms with Crippen molar-refractivity contribution in [3.05, 3.63) is 58.8 Å². The van der Waals surface area contributed by atoms with Crippen molar-refractivity contribution in [1.82, 2.24) is 5.32 Å². The van der Waals surface area contributed by atoms with Crippen molar-refractivity contribution in [3.63, 3.8) is 0 Å². The van der Waals surface area contributed by atoms with Crippen LogP contribution in [0.25, 0.3) is 0 Å². The first-order chi connectivity index (χ1) is 9.49. The Kier molecular flexibility index (Phi) is 4.12. The minimum atomic E-state index is -1.65. The number of aryl methyl sites for hydroxylation is 1. The number of furan rings is 1. The first kappa shape index (κ1) is 14.2. The molecule has 0 fully saturated rings. The van der Waals surface area contributed by atoms with Crippen LogP contribution >= 0.6 is 0 Å². The van der Waals surface area contributed by atoms with E-state index in [-0.39, 0.29) is 6.54 Å². The molecule has 0 saturated carbocycles. The molecule has 0 aliphatic heterocycles. The monoisotopic (exact) mass is 283 g/mol. The van der Waals surface area contributed by atoms with E-state index < -0.39 is 28.9 Å². The Balaban J connectivity index is 1.97. The van der Waals surface area contributed by atoms with Crippen LogP contribution in [0.4, 0.5) is 13.2 Å². The molecule has 2 aromatic rings. The predicted octanol–water partition coefficient (Wildman–Crippen LogP) is 2.98. The number of amides is 1. The van der Waals surface area contributed by atoms with Crippen molar-refractivity contribution in [3.8, 4) is 0 Å². The summed E-state index contributed by atoms with van der Waals surface area (Å²) < 4.78 is 44.4. The fourth-order valence-electron chi connectivity index (χ4n) is 1.72. The fourth-order valence-corrected chi connectivity index (χ4v) is 1.72. The minimum Gasteiger partial charge on any atom is -0.466 e. The lowest BCUT2D eigenvalue weighted by atomic mass is 10.2. The molecule has 0 bridgehead atoms. The van der Waals surface area contributed by atoms with Gasteiger partial charge in [0.1, 0.15) is 11.5 Å². The highest BCUT2D eigenvalue weighted by Gasteiger charge is 2.18. The van der Waals surface area contributed by atoms with Crippen molar-refractivity contribution in [2.24, 2.45) is 0 Å². The van der Waals surface area contributed by atoms with Crippen molar-refractivity contribution < 1.29 is 22.4 Å². The van der Waals surface area contributed by atoms with E-state index in [9.17, 15) is 18.0 Å². The van der Waals surface area contributed by atoms with Crippen LogP contribution in [0.3, 0.4) is 0 Å². The summed E-state index contributed by atoms with van der Waals surface area (Å²) in [4.78, 5) is 11.7. The molecule has 0 unspecified atom stereocenters. The van der Waals surface area contributed by atoms with Gasteiger partial charge in [0.2, 0.25) is 0 Å². The highest BCUT2D eigenvalue weighted by atomic mass is 19.2. The molecule has 0 aliphatic rings. The van der Waals surface area contributed by atoms with Crippen molar-refractivity contribution in [2.45, 2.75) is 13.3 Å². The van der Waals surface area contributed by atoms with Crippen LogP contribution in [-0.4, -0.2) is 12.5 Å². The molecule has 1 heterocycles. The van der Waals surface area contributed by atoms with E-state index in [2.05, 4.69) is 5.32 Å². The van der Waals surface area contributed by atoms with Crippen LogP contribution in [0.5, 0.6) is 0 Å². The van der Waals surface area contributed by atoms with Crippen LogP contribution in [0.1, 0.15) is 21.9 Å². The molecule has 3 nitrogen and oxygen atoms in total. The molecular weight excluding hydrogens is 271 g/mol. The van der Waals surface area contributed by atoms with E-state index in [0.717, 1.165) is 11.8 Å². The maximum Gasteiger partial charge on any atom is 0.254 e. The first-order valence-electron chi connectivity index (χ1n) is 5.96. The van der Waals surface area contributed by atoms with E-state index in [1.165, 1.54) is 0 Å². The lowest BCUT2D eigenvalue weighted by Gasteiger charge is -2.06. The van der Waals surface area contributed by atoms with Crippen molar-refractivity contribution in [2.75, 3.05) is 6.54 Å². The molecule has 0 atom stereocenters. The fraction of sp³-hybridized carbons (Fsp3) is 0.214. The van der Waals surface area contributed by atoms with Crippen LogP contribution in [-0.2, 0) is 6.42 Å². The van der Waals surface area contributed by atoms with Crippen LogP contribution in [0, 0.1) is 24.4 Å². The molecule has 1 N–H and O–H groups in total. The molecule has 106 valence electrons. The van der Waals surface area contributed by atoms with Crippen LogP contribution < -0.4 is 5.32 Å². The van der Waals surface area contributed by atoms with Gasteiger partial charge in [-0.15, -0.1) is 0 Å². The predicted molar refractivity (Wildman–Crippen MR) is 65.8 cm³/mol. The summed E-state index contributed by atoms with van der Waals surface area (Å²) in [7, 11) is 0. The number of rotatable bonds is 4. The Morgan fingerprint density at radius 1 is 1.15 bits per heavy atom. The van der Waals surface area contributed by atoms with E-state index >= 15 is 0 Å². The van der Waals surface area contributed by atoms with Gasteiger partial charge >= 0.3 is 0 Å². The van der Waals surface area contributed by atoms with Gasteiger partial charge in [-0.05, 0) is 31.2 Å². The molecular formula is C14H12F3NO2. The average Bonchev–Trinajstić information content (AvgIpc) is 2.82. The third-order valence-electron chi connectivity index (χ3n) is 2.73. The molecule has 2 rings (SSSR count). The Hall–Kier alpha value is -2.24. The third-order valence-corrected chi connectivity index (χ3v) is 2.73. The Labute approximate surface area is 113 Å². The van der Waals surface area contributed by atoms with E-state index in [4.69, 9.17) is 4.42 Å². The standard InChI is InChI=1S/C14H12F3NO2/c1-8-2-3-9(20-8)6-7-18-14(19)10-4-5-11(15)13(17)12(10)16/h2-5H,6-7H2,1H3,(H,18,19). The summed E-state index contributed by atoms with van der Waals surface area (Å²) in [5.41, 5.74) is -0.528. The van der Waals surface area contributed by atoms with Crippen LogP contribution in [0.15, 0.2) is 28.7 Å². The summed E-state index contributed by atoms with van der Waals surface area (Å²) in [5, 5.41) is 2.42. The Bertz CT molecular complexity index is 637. The molecule has 1 aromatic heterocycles. The third kappa shape index (κ3) is 3.01. The highest BCUT2D eigenvalue weighted by Crippen LogP contribution is 2.15. The second-order valence-electron chi connectivity index (χ2n) is 4.24. The number of nitrogens with one attached hydrogen (secondary N) is 1. The van der Waals surface area contributed by atoms with Crippen molar-refractivity contribution in [1.29, 1.82) is 0 Å². The van der Waals surface area contributed by atoms with Crippen LogP contribution in [0.2, 0.25) is 0 Å². The molecule has 0 spiro atoms. The van der Waals surface area contributed by atoms with E-state index in [1.54, 1.807) is 19.1 Å². The SMILES string of the molecule is Cc1ccc(CCNC(=O)c2ccc(F)c(F)c2F)o1. The maximum absolute atomic E-state index is 13.4. The van der Waals surface area contributed by atoms with E-state index in [1.807, 2.05) is 0 Å². The number of benzene rings is 1. The zero-order chi connectivity index (χ0) is 14.7. The Morgan fingerprint density at radius 3 is 2.55 bits per heavy atom. The topological polar surface area (TPSA) is 42.2 Å². The van der Waals surface area contributed by atoms with Gasteiger partial charge in [-0.25, -0.2) is 13.2 Å². The summed E-state index contributed by atoms with van der Waals surface area (Å²) in [6, 6.07) is 5.16. The number of halogens is 3. The van der Waals surface area contributed by atoms with Gasteiger partial charge in [0, 0.05) is 13.0 Å². The summed E-state index contributed by atoms with van der Waals surface area (Å²) in [6.45, 7) is 1.99. The van der Waals surface area contributed by atoms with Gasteiger partial charge in [0.15, 0.2) is 17.5 Å². The molecule has 0 aliphatic carbocycles. The van der Waals surface area contributed by atoms with E-state index in [0.29, 0.717) is 18.2 Å². The van der Waals surface area contributed by atoms with Gasteiger partial charge in [-0.3, -0.25) is 4.79 Å². The summed E-state index contributed by atoms with van der Waals surface area (Å²) in [6.07, 6.45) is 0.422. The number of carbonyl (C=O) groups excluding carboxylic acids is 1. The zero-order valence-electron chi connectivity index (χ0n) is 10.7. The highest BCUT2D eigenvalue weighted by molar-refractivity contribution is 5.94. The zero-order valence-corrected chi connectivity index (χ0v) is 10.7. The summed E-state index contributed by atoms with van der Waals surface area (Å²) in [5.74, 6) is -3.85. The average molecular weight is 283 g/mol. The van der Waals surface area contributed by atoms with Crippen molar-refractivity contribution >= 4 is 5.91 Å². The summed E-state index contributed by atoms with van der Waals surface area (Å²) >= 11 is 0. The lowest BCUT2D eigenvalue weighted by molar-refractivity contribution is 0.0948. The maximum atomic E-state index is 13.4. The molecule has 0 radical (unpaired) electrons. The quantitative estimate of drug-likeness (QED) is 0.876. The smallest absolute Gasteiger partial charge is 0.254 e.